The van der Waals surface area contributed by atoms with Gasteiger partial charge in [-0.1, -0.05) is 28.4 Å². The Bertz CT molecular complexity index is 876. The van der Waals surface area contributed by atoms with Crippen LogP contribution in [0.25, 0.3) is 0 Å². The summed E-state index contributed by atoms with van der Waals surface area (Å²) >= 11 is 12.9. The number of hydrogen-bond acceptors (Lipinski definition) is 7. The van der Waals surface area contributed by atoms with Gasteiger partial charge in [0.05, 0.1) is 10.4 Å². The summed E-state index contributed by atoms with van der Waals surface area (Å²) in [5.41, 5.74) is -0.442. The van der Waals surface area contributed by atoms with Gasteiger partial charge in [0.2, 0.25) is 5.89 Å². The summed E-state index contributed by atoms with van der Waals surface area (Å²) in [4.78, 5) is 16.6. The standard InChI is InChI=1S/C13H10Cl2N4O3S/c14-7-3-4-16-19(13(7)21)6-12-17-11(18-22-12)5-8(20)9-1-2-10(15)23-9/h1-4,8,20H,5-6H2/t8-/m0/s1. The SMILES string of the molecule is O=c1c(Cl)ccnn1Cc1nc(C[C@H](O)c2ccc(Cl)s2)no1. The van der Waals surface area contributed by atoms with Gasteiger partial charge in [0, 0.05) is 17.5 Å². The molecule has 0 amide bonds. The first-order chi connectivity index (χ1) is 11.0. The van der Waals surface area contributed by atoms with Crippen molar-refractivity contribution in [2.75, 3.05) is 0 Å². The predicted octanol–water partition coefficient (Wildman–Crippen LogP) is 2.32. The second kappa shape index (κ2) is 6.79. The molecule has 120 valence electrons. The van der Waals surface area contributed by atoms with E-state index < -0.39 is 11.7 Å². The fraction of sp³-hybridized carbons (Fsp3) is 0.231. The first-order valence-corrected chi connectivity index (χ1v) is 8.06. The van der Waals surface area contributed by atoms with Crippen molar-refractivity contribution >= 4 is 34.5 Å². The molecule has 0 aromatic carbocycles. The van der Waals surface area contributed by atoms with Gasteiger partial charge in [0.15, 0.2) is 5.82 Å². The minimum absolute atomic E-state index is 0.00726. The van der Waals surface area contributed by atoms with Crippen LogP contribution < -0.4 is 5.56 Å². The topological polar surface area (TPSA) is 94.0 Å². The minimum atomic E-state index is -0.773. The Morgan fingerprint density at radius 2 is 2.17 bits per heavy atom. The summed E-state index contributed by atoms with van der Waals surface area (Å²) < 4.78 is 6.78. The van der Waals surface area contributed by atoms with Crippen LogP contribution in [0.15, 0.2) is 33.7 Å². The molecule has 3 rings (SSSR count). The zero-order valence-corrected chi connectivity index (χ0v) is 13.8. The third kappa shape index (κ3) is 3.78. The van der Waals surface area contributed by atoms with E-state index in [1.54, 1.807) is 12.1 Å². The molecule has 10 heteroatoms. The smallest absolute Gasteiger partial charge is 0.285 e. The monoisotopic (exact) mass is 372 g/mol. The highest BCUT2D eigenvalue weighted by Crippen LogP contribution is 2.28. The molecule has 0 saturated carbocycles. The third-order valence-corrected chi connectivity index (χ3v) is 4.58. The summed E-state index contributed by atoms with van der Waals surface area (Å²) in [6.07, 6.45) is 0.814. The molecule has 0 unspecified atom stereocenters. The predicted molar refractivity (Wildman–Crippen MR) is 84.9 cm³/mol. The molecule has 3 aromatic rings. The summed E-state index contributed by atoms with van der Waals surface area (Å²) in [5.74, 6) is 0.528. The lowest BCUT2D eigenvalue weighted by Gasteiger charge is -2.03. The number of thiophene rings is 1. The van der Waals surface area contributed by atoms with Crippen molar-refractivity contribution in [1.82, 2.24) is 19.9 Å². The van der Waals surface area contributed by atoms with Gasteiger partial charge < -0.3 is 9.63 Å². The van der Waals surface area contributed by atoms with Crippen LogP contribution >= 0.6 is 34.5 Å². The van der Waals surface area contributed by atoms with E-state index in [-0.39, 0.29) is 23.9 Å². The molecule has 7 nitrogen and oxygen atoms in total. The average molecular weight is 373 g/mol. The number of nitrogens with zero attached hydrogens (tertiary/aromatic N) is 4. The van der Waals surface area contributed by atoms with E-state index >= 15 is 0 Å². The van der Waals surface area contributed by atoms with Crippen molar-refractivity contribution in [3.05, 3.63) is 60.7 Å². The molecular weight excluding hydrogens is 363 g/mol. The van der Waals surface area contributed by atoms with Crippen LogP contribution in [0.4, 0.5) is 0 Å². The maximum absolute atomic E-state index is 11.8. The fourth-order valence-corrected chi connectivity index (χ4v) is 3.09. The molecule has 0 aliphatic carbocycles. The second-order valence-corrected chi connectivity index (χ2v) is 6.76. The Morgan fingerprint density at radius 1 is 1.35 bits per heavy atom. The van der Waals surface area contributed by atoms with Gasteiger partial charge in [-0.15, -0.1) is 11.3 Å². The maximum Gasteiger partial charge on any atom is 0.285 e. The molecule has 23 heavy (non-hydrogen) atoms. The van der Waals surface area contributed by atoms with E-state index in [1.165, 1.54) is 23.6 Å². The van der Waals surface area contributed by atoms with E-state index in [9.17, 15) is 9.90 Å². The zero-order valence-electron chi connectivity index (χ0n) is 11.5. The lowest BCUT2D eigenvalue weighted by molar-refractivity contribution is 0.178. The lowest BCUT2D eigenvalue weighted by atomic mass is 10.2. The minimum Gasteiger partial charge on any atom is -0.387 e. The van der Waals surface area contributed by atoms with Gasteiger partial charge in [0.1, 0.15) is 11.6 Å². The molecule has 3 heterocycles. The molecule has 0 fully saturated rings. The van der Waals surface area contributed by atoms with Crippen molar-refractivity contribution in [3.63, 3.8) is 0 Å². The van der Waals surface area contributed by atoms with Crippen LogP contribution in [0.3, 0.4) is 0 Å². The highest BCUT2D eigenvalue weighted by atomic mass is 35.5. The van der Waals surface area contributed by atoms with Gasteiger partial charge in [-0.3, -0.25) is 4.79 Å². The Hall–Kier alpha value is -1.74. The first kappa shape index (κ1) is 16.1. The molecule has 0 aliphatic heterocycles. The average Bonchev–Trinajstić information content (AvgIpc) is 3.13. The van der Waals surface area contributed by atoms with E-state index in [4.69, 9.17) is 27.7 Å². The van der Waals surface area contributed by atoms with Crippen LogP contribution in [0.1, 0.15) is 22.7 Å². The van der Waals surface area contributed by atoms with Gasteiger partial charge in [-0.2, -0.15) is 10.1 Å². The molecule has 0 aliphatic rings. The number of hydrogen-bond donors (Lipinski definition) is 1. The van der Waals surface area contributed by atoms with Crippen molar-refractivity contribution in [2.45, 2.75) is 19.1 Å². The van der Waals surface area contributed by atoms with Crippen molar-refractivity contribution < 1.29 is 9.63 Å². The van der Waals surface area contributed by atoms with Crippen LogP contribution in [0.2, 0.25) is 9.36 Å². The summed E-state index contributed by atoms with van der Waals surface area (Å²) in [6.45, 7) is 0.00726. The van der Waals surface area contributed by atoms with Crippen molar-refractivity contribution in [2.24, 2.45) is 0 Å². The molecule has 3 aromatic heterocycles. The molecule has 1 N–H and O–H groups in total. The van der Waals surface area contributed by atoms with Gasteiger partial charge in [-0.05, 0) is 18.2 Å². The van der Waals surface area contributed by atoms with Crippen LogP contribution in [0.5, 0.6) is 0 Å². The summed E-state index contributed by atoms with van der Waals surface area (Å²) in [5, 5.41) is 17.8. The highest BCUT2D eigenvalue weighted by molar-refractivity contribution is 7.16. The third-order valence-electron chi connectivity index (χ3n) is 2.96. The highest BCUT2D eigenvalue weighted by Gasteiger charge is 2.16. The van der Waals surface area contributed by atoms with Crippen LogP contribution in [-0.4, -0.2) is 25.0 Å². The van der Waals surface area contributed by atoms with E-state index in [2.05, 4.69) is 15.2 Å². The Kier molecular flexibility index (Phi) is 4.76. The second-order valence-electron chi connectivity index (χ2n) is 4.61. The van der Waals surface area contributed by atoms with E-state index in [0.717, 1.165) is 4.68 Å². The summed E-state index contributed by atoms with van der Waals surface area (Å²) in [7, 11) is 0. The number of aliphatic hydroxyl groups excluding tert-OH is 1. The number of rotatable bonds is 5. The molecule has 0 saturated heterocycles. The molecule has 0 bridgehead atoms. The van der Waals surface area contributed by atoms with Gasteiger partial charge in [0.25, 0.3) is 5.56 Å². The first-order valence-electron chi connectivity index (χ1n) is 6.49. The van der Waals surface area contributed by atoms with Crippen molar-refractivity contribution in [3.8, 4) is 0 Å². The van der Waals surface area contributed by atoms with Gasteiger partial charge in [-0.25, -0.2) is 4.68 Å². The molecule has 0 radical (unpaired) electrons. The molecule has 1 atom stereocenters. The normalized spacial score (nSPS) is 12.5. The van der Waals surface area contributed by atoms with Crippen LogP contribution in [0, 0.1) is 0 Å². The Morgan fingerprint density at radius 3 is 2.91 bits per heavy atom. The van der Waals surface area contributed by atoms with E-state index in [1.807, 2.05) is 0 Å². The quantitative estimate of drug-likeness (QED) is 0.738. The van der Waals surface area contributed by atoms with E-state index in [0.29, 0.717) is 15.0 Å². The van der Waals surface area contributed by atoms with Gasteiger partial charge >= 0.3 is 0 Å². The Labute approximate surface area is 144 Å². The summed E-state index contributed by atoms with van der Waals surface area (Å²) in [6, 6.07) is 4.86. The van der Waals surface area contributed by atoms with Crippen molar-refractivity contribution in [1.29, 1.82) is 0 Å². The Balaban J connectivity index is 1.71. The maximum atomic E-state index is 11.8. The fourth-order valence-electron chi connectivity index (χ4n) is 1.89. The zero-order chi connectivity index (χ0) is 16.4. The van der Waals surface area contributed by atoms with Crippen LogP contribution in [-0.2, 0) is 13.0 Å². The molecule has 0 spiro atoms. The molecular formula is C13H10Cl2N4O3S. The number of aromatic nitrogens is 4. The number of aliphatic hydroxyl groups is 1. The number of halogens is 2. The largest absolute Gasteiger partial charge is 0.387 e. The lowest BCUT2D eigenvalue weighted by Crippen LogP contribution is -2.23.